The average Bonchev–Trinajstić information content (AvgIpc) is 2.71. The van der Waals surface area contributed by atoms with Gasteiger partial charge in [-0.3, -0.25) is 9.59 Å². The second kappa shape index (κ2) is 6.94. The Kier molecular flexibility index (Phi) is 4.58. The van der Waals surface area contributed by atoms with Crippen LogP contribution in [0, 0.1) is 11.6 Å². The predicted molar refractivity (Wildman–Crippen MR) is 95.3 cm³/mol. The fourth-order valence-corrected chi connectivity index (χ4v) is 4.13. The van der Waals surface area contributed by atoms with Crippen LogP contribution in [0.25, 0.3) is 0 Å². The number of halogens is 2. The van der Waals surface area contributed by atoms with E-state index in [0.717, 1.165) is 11.8 Å². The Morgan fingerprint density at radius 1 is 1.29 bits per heavy atom. The van der Waals surface area contributed by atoms with E-state index in [9.17, 15) is 18.4 Å². The highest BCUT2D eigenvalue weighted by Gasteiger charge is 2.53. The number of amides is 2. The van der Waals surface area contributed by atoms with E-state index >= 15 is 0 Å². The van der Waals surface area contributed by atoms with E-state index in [2.05, 4.69) is 4.98 Å². The average molecular weight is 387 g/mol. The summed E-state index contributed by atoms with van der Waals surface area (Å²) in [4.78, 5) is 31.9. The number of nitrogens with zero attached hydrogens (tertiary/aromatic N) is 3. The molecule has 6 nitrogen and oxygen atoms in total. The number of piperidine rings is 1. The number of rotatable bonds is 2. The second-order valence-corrected chi connectivity index (χ2v) is 7.03. The van der Waals surface area contributed by atoms with Crippen molar-refractivity contribution < 1.29 is 23.1 Å². The maximum Gasteiger partial charge on any atom is 0.275 e. The topological polar surface area (TPSA) is 62.7 Å². The van der Waals surface area contributed by atoms with Crippen molar-refractivity contribution in [2.75, 3.05) is 26.7 Å². The van der Waals surface area contributed by atoms with E-state index in [1.54, 1.807) is 11.9 Å². The molecule has 8 heteroatoms. The van der Waals surface area contributed by atoms with Crippen LogP contribution in [0.5, 0.6) is 0 Å². The minimum Gasteiger partial charge on any atom is -0.364 e. The summed E-state index contributed by atoms with van der Waals surface area (Å²) in [5.41, 5.74) is -0.204. The predicted octanol–water partition coefficient (Wildman–Crippen LogP) is 1.96. The van der Waals surface area contributed by atoms with Gasteiger partial charge >= 0.3 is 0 Å². The quantitative estimate of drug-likeness (QED) is 0.790. The highest BCUT2D eigenvalue weighted by molar-refractivity contribution is 5.92. The monoisotopic (exact) mass is 387 g/mol. The van der Waals surface area contributed by atoms with E-state index < -0.39 is 34.9 Å². The maximum atomic E-state index is 14.0. The molecule has 0 bridgehead atoms. The Morgan fingerprint density at radius 3 is 2.75 bits per heavy atom. The molecule has 2 aliphatic rings. The molecular weight excluding hydrogens is 368 g/mol. The van der Waals surface area contributed by atoms with Gasteiger partial charge in [0.05, 0.1) is 11.7 Å². The van der Waals surface area contributed by atoms with Crippen LogP contribution in [0.4, 0.5) is 8.78 Å². The van der Waals surface area contributed by atoms with Crippen LogP contribution in [0.15, 0.2) is 42.6 Å². The lowest BCUT2D eigenvalue weighted by atomic mass is 9.76. The van der Waals surface area contributed by atoms with E-state index in [1.807, 2.05) is 30.3 Å². The first-order valence-corrected chi connectivity index (χ1v) is 8.97. The third-order valence-corrected chi connectivity index (χ3v) is 5.63. The first kappa shape index (κ1) is 18.5. The Labute approximate surface area is 160 Å². The molecule has 2 atom stereocenters. The lowest BCUT2D eigenvalue weighted by Gasteiger charge is -2.54. The fourth-order valence-electron chi connectivity index (χ4n) is 4.13. The van der Waals surface area contributed by atoms with Crippen molar-refractivity contribution >= 4 is 11.8 Å². The Morgan fingerprint density at radius 2 is 2.04 bits per heavy atom. The summed E-state index contributed by atoms with van der Waals surface area (Å²) < 4.78 is 32.9. The minimum absolute atomic E-state index is 0.0824. The number of benzene rings is 1. The molecule has 1 aromatic heterocycles. The molecule has 146 valence electrons. The molecule has 2 aliphatic heterocycles. The second-order valence-electron chi connectivity index (χ2n) is 7.03. The van der Waals surface area contributed by atoms with Gasteiger partial charge in [0.25, 0.3) is 5.91 Å². The SMILES string of the molecule is CN1C(=O)CO[C@@H]2CN(C(=O)c3ncc(F)cc3F)CC[C@]21c1ccccc1. The molecule has 3 heterocycles. The van der Waals surface area contributed by atoms with Crippen molar-refractivity contribution in [2.45, 2.75) is 18.1 Å². The van der Waals surface area contributed by atoms with E-state index in [0.29, 0.717) is 12.5 Å². The molecule has 2 amide bonds. The largest absolute Gasteiger partial charge is 0.364 e. The van der Waals surface area contributed by atoms with Crippen LogP contribution in [-0.4, -0.2) is 59.4 Å². The molecule has 2 aromatic rings. The Bertz CT molecular complexity index is 924. The lowest BCUT2D eigenvalue weighted by molar-refractivity contribution is -0.180. The molecule has 1 aromatic carbocycles. The van der Waals surface area contributed by atoms with Crippen molar-refractivity contribution in [3.8, 4) is 0 Å². The van der Waals surface area contributed by atoms with E-state index in [-0.39, 0.29) is 25.6 Å². The molecule has 28 heavy (non-hydrogen) atoms. The van der Waals surface area contributed by atoms with Gasteiger partial charge in [0, 0.05) is 26.2 Å². The molecule has 0 aliphatic carbocycles. The highest BCUT2D eigenvalue weighted by Crippen LogP contribution is 2.42. The number of fused-ring (bicyclic) bond motifs is 1. The first-order chi connectivity index (χ1) is 13.4. The van der Waals surface area contributed by atoms with E-state index in [4.69, 9.17) is 4.74 Å². The third kappa shape index (κ3) is 2.84. The van der Waals surface area contributed by atoms with Gasteiger partial charge in [0.15, 0.2) is 11.5 Å². The summed E-state index contributed by atoms with van der Waals surface area (Å²) in [5.74, 6) is -2.60. The molecule has 2 fully saturated rings. The number of ether oxygens (including phenoxy) is 1. The first-order valence-electron chi connectivity index (χ1n) is 8.97. The summed E-state index contributed by atoms with van der Waals surface area (Å²) in [7, 11) is 1.74. The summed E-state index contributed by atoms with van der Waals surface area (Å²) >= 11 is 0. The molecular formula is C20H19F2N3O3. The Hall–Kier alpha value is -2.87. The number of likely N-dealkylation sites (N-methyl/N-ethyl adjacent to an activating group) is 1. The van der Waals surface area contributed by atoms with Gasteiger partial charge in [-0.1, -0.05) is 30.3 Å². The number of hydrogen-bond acceptors (Lipinski definition) is 4. The van der Waals surface area contributed by atoms with Crippen molar-refractivity contribution in [1.29, 1.82) is 0 Å². The van der Waals surface area contributed by atoms with Crippen molar-refractivity contribution in [3.05, 3.63) is 65.5 Å². The zero-order valence-electron chi connectivity index (χ0n) is 15.3. The number of pyridine rings is 1. The number of aromatic nitrogens is 1. The summed E-state index contributed by atoms with van der Waals surface area (Å²) in [5, 5.41) is 0. The van der Waals surface area contributed by atoms with Crippen molar-refractivity contribution in [1.82, 2.24) is 14.8 Å². The van der Waals surface area contributed by atoms with Gasteiger partial charge in [-0.25, -0.2) is 13.8 Å². The van der Waals surface area contributed by atoms with Gasteiger partial charge in [0.2, 0.25) is 5.91 Å². The van der Waals surface area contributed by atoms with Gasteiger partial charge in [-0.2, -0.15) is 0 Å². The van der Waals surface area contributed by atoms with Gasteiger partial charge in [-0.05, 0) is 12.0 Å². The van der Waals surface area contributed by atoms with Crippen molar-refractivity contribution in [2.24, 2.45) is 0 Å². The standard InChI is InChI=1S/C20H19F2N3O3/c1-24-17(26)12-28-16-11-25(19(27)18-15(22)9-14(21)10-23-18)8-7-20(16,24)13-5-3-2-4-6-13/h2-6,9-10,16H,7-8,11-12H2,1H3/t16-,20+/m1/s1. The summed E-state index contributed by atoms with van der Waals surface area (Å²) in [6.45, 7) is 0.370. The Balaban J connectivity index is 1.66. The van der Waals surface area contributed by atoms with Crippen LogP contribution in [0.2, 0.25) is 0 Å². The van der Waals surface area contributed by atoms with Gasteiger partial charge < -0.3 is 14.5 Å². The maximum absolute atomic E-state index is 14.0. The molecule has 0 radical (unpaired) electrons. The normalized spacial score (nSPS) is 24.8. The zero-order chi connectivity index (χ0) is 19.9. The molecule has 4 rings (SSSR count). The number of carbonyl (C=O) groups excluding carboxylic acids is 2. The van der Waals surface area contributed by atoms with E-state index in [1.165, 1.54) is 4.90 Å². The smallest absolute Gasteiger partial charge is 0.275 e. The summed E-state index contributed by atoms with van der Waals surface area (Å²) in [6, 6.07) is 10.2. The number of likely N-dealkylation sites (tertiary alicyclic amines) is 1. The molecule has 2 saturated heterocycles. The molecule has 0 spiro atoms. The van der Waals surface area contributed by atoms with Crippen LogP contribution < -0.4 is 0 Å². The minimum atomic E-state index is -0.998. The highest BCUT2D eigenvalue weighted by atomic mass is 19.1. The van der Waals surface area contributed by atoms with Crippen LogP contribution >= 0.6 is 0 Å². The molecule has 0 unspecified atom stereocenters. The summed E-state index contributed by atoms with van der Waals surface area (Å²) in [6.07, 6.45) is 0.773. The van der Waals surface area contributed by atoms with Gasteiger partial charge in [-0.15, -0.1) is 0 Å². The fraction of sp³-hybridized carbons (Fsp3) is 0.350. The van der Waals surface area contributed by atoms with Crippen LogP contribution in [0.1, 0.15) is 22.5 Å². The molecule has 0 saturated carbocycles. The molecule has 0 N–H and O–H groups in total. The zero-order valence-corrected chi connectivity index (χ0v) is 15.3. The van der Waals surface area contributed by atoms with Gasteiger partial charge in [0.1, 0.15) is 18.5 Å². The van der Waals surface area contributed by atoms with Crippen LogP contribution in [0.3, 0.4) is 0 Å². The number of hydrogen-bond donors (Lipinski definition) is 0. The van der Waals surface area contributed by atoms with Crippen molar-refractivity contribution in [3.63, 3.8) is 0 Å². The third-order valence-electron chi connectivity index (χ3n) is 5.63. The number of carbonyl (C=O) groups is 2. The lowest BCUT2D eigenvalue weighted by Crippen LogP contribution is -2.67. The van der Waals surface area contributed by atoms with Crippen LogP contribution in [-0.2, 0) is 15.1 Å². The number of morpholine rings is 1.